The van der Waals surface area contributed by atoms with Crippen LogP contribution < -0.4 is 9.47 Å². The largest absolute Gasteiger partial charge is 0.493 e. The van der Waals surface area contributed by atoms with E-state index < -0.39 is 4.92 Å². The van der Waals surface area contributed by atoms with E-state index in [1.807, 2.05) is 13.0 Å². The van der Waals surface area contributed by atoms with Gasteiger partial charge in [-0.3, -0.25) is 10.1 Å². The van der Waals surface area contributed by atoms with Crippen molar-refractivity contribution in [3.8, 4) is 11.5 Å². The number of fused-ring (bicyclic) bond motifs is 1. The summed E-state index contributed by atoms with van der Waals surface area (Å²) in [6, 6.07) is 1.82. The first-order valence-corrected chi connectivity index (χ1v) is 6.29. The quantitative estimate of drug-likeness (QED) is 0.605. The molecule has 102 valence electrons. The molecule has 0 heterocycles. The Morgan fingerprint density at radius 2 is 2.21 bits per heavy atom. The fourth-order valence-corrected chi connectivity index (χ4v) is 2.50. The van der Waals surface area contributed by atoms with Gasteiger partial charge in [0.2, 0.25) is 0 Å². The standard InChI is InChI=1S/C14H17NO4/c1-4-19-14-12(9(2)15(16)17)8-10-6-5-7-11(10)13(14)18-3/h8H,2,4-7H2,1,3H3. The molecule has 0 bridgehead atoms. The fraction of sp³-hybridized carbons (Fsp3) is 0.429. The average Bonchev–Trinajstić information content (AvgIpc) is 2.85. The third-order valence-electron chi connectivity index (χ3n) is 3.33. The van der Waals surface area contributed by atoms with Gasteiger partial charge in [0, 0.05) is 5.56 Å². The first-order valence-electron chi connectivity index (χ1n) is 6.29. The molecule has 5 nitrogen and oxygen atoms in total. The lowest BCUT2D eigenvalue weighted by Crippen LogP contribution is -2.06. The van der Waals surface area contributed by atoms with Crippen LogP contribution in [-0.2, 0) is 12.8 Å². The number of nitro groups is 1. The Balaban J connectivity index is 2.64. The molecule has 1 aliphatic carbocycles. The number of methoxy groups -OCH3 is 1. The molecule has 2 rings (SSSR count). The van der Waals surface area contributed by atoms with E-state index in [2.05, 4.69) is 6.58 Å². The second-order valence-corrected chi connectivity index (χ2v) is 4.41. The Hall–Kier alpha value is -2.04. The van der Waals surface area contributed by atoms with Crippen molar-refractivity contribution in [1.29, 1.82) is 0 Å². The van der Waals surface area contributed by atoms with Crippen LogP contribution in [0.2, 0.25) is 0 Å². The number of aryl methyl sites for hydroxylation is 1. The molecule has 0 radical (unpaired) electrons. The van der Waals surface area contributed by atoms with E-state index in [1.54, 1.807) is 7.11 Å². The summed E-state index contributed by atoms with van der Waals surface area (Å²) in [6.45, 7) is 5.80. The van der Waals surface area contributed by atoms with Crippen molar-refractivity contribution in [3.05, 3.63) is 39.4 Å². The van der Waals surface area contributed by atoms with Gasteiger partial charge in [-0.2, -0.15) is 0 Å². The second-order valence-electron chi connectivity index (χ2n) is 4.41. The van der Waals surface area contributed by atoms with Gasteiger partial charge in [-0.1, -0.05) is 0 Å². The number of ether oxygens (including phenoxy) is 2. The molecule has 0 amide bonds. The summed E-state index contributed by atoms with van der Waals surface area (Å²) in [5.41, 5.74) is 2.46. The summed E-state index contributed by atoms with van der Waals surface area (Å²) >= 11 is 0. The first kappa shape index (κ1) is 13.4. The number of nitrogens with zero attached hydrogens (tertiary/aromatic N) is 1. The Kier molecular flexibility index (Phi) is 3.74. The van der Waals surface area contributed by atoms with Crippen LogP contribution in [0.4, 0.5) is 0 Å². The lowest BCUT2D eigenvalue weighted by molar-refractivity contribution is -0.375. The van der Waals surface area contributed by atoms with Gasteiger partial charge in [-0.25, -0.2) is 0 Å². The predicted molar refractivity (Wildman–Crippen MR) is 72.2 cm³/mol. The third kappa shape index (κ3) is 2.28. The molecule has 5 heteroatoms. The molecule has 0 atom stereocenters. The Morgan fingerprint density at radius 3 is 2.79 bits per heavy atom. The van der Waals surface area contributed by atoms with Gasteiger partial charge in [-0.15, -0.1) is 0 Å². The molecule has 0 saturated carbocycles. The Bertz CT molecular complexity index is 537. The monoisotopic (exact) mass is 263 g/mol. The second kappa shape index (κ2) is 5.30. The van der Waals surface area contributed by atoms with Crippen LogP contribution in [0.15, 0.2) is 12.6 Å². The van der Waals surface area contributed by atoms with E-state index in [1.165, 1.54) is 0 Å². The van der Waals surface area contributed by atoms with Gasteiger partial charge in [0.05, 0.1) is 24.2 Å². The van der Waals surface area contributed by atoms with Crippen LogP contribution in [0.5, 0.6) is 11.5 Å². The molecule has 1 aromatic rings. The van der Waals surface area contributed by atoms with Crippen molar-refractivity contribution in [3.63, 3.8) is 0 Å². The molecule has 0 aliphatic heterocycles. The van der Waals surface area contributed by atoms with E-state index in [4.69, 9.17) is 9.47 Å². The number of hydrogen-bond donors (Lipinski definition) is 0. The Morgan fingerprint density at radius 1 is 1.47 bits per heavy atom. The average molecular weight is 263 g/mol. The highest BCUT2D eigenvalue weighted by atomic mass is 16.6. The molecule has 19 heavy (non-hydrogen) atoms. The third-order valence-corrected chi connectivity index (χ3v) is 3.33. The zero-order chi connectivity index (χ0) is 14.0. The zero-order valence-electron chi connectivity index (χ0n) is 11.2. The van der Waals surface area contributed by atoms with Crippen LogP contribution in [0.3, 0.4) is 0 Å². The summed E-state index contributed by atoms with van der Waals surface area (Å²) in [7, 11) is 1.56. The minimum absolute atomic E-state index is 0.156. The van der Waals surface area contributed by atoms with Crippen LogP contribution >= 0.6 is 0 Å². The number of rotatable bonds is 5. The van der Waals surface area contributed by atoms with E-state index >= 15 is 0 Å². The maximum absolute atomic E-state index is 11.0. The maximum atomic E-state index is 11.0. The molecule has 0 spiro atoms. The normalized spacial score (nSPS) is 12.9. The van der Waals surface area contributed by atoms with E-state index in [0.29, 0.717) is 23.7 Å². The molecule has 0 aromatic heterocycles. The lowest BCUT2D eigenvalue weighted by atomic mass is 10.0. The van der Waals surface area contributed by atoms with E-state index in [0.717, 1.165) is 30.4 Å². The first-order chi connectivity index (χ1) is 9.10. The summed E-state index contributed by atoms with van der Waals surface area (Å²) in [5.74, 6) is 1.06. The SMILES string of the molecule is C=C(c1cc2c(c(OC)c1OCC)CCC2)[N+](=O)[O-]. The summed E-state index contributed by atoms with van der Waals surface area (Å²) in [4.78, 5) is 10.5. The molecular weight excluding hydrogens is 246 g/mol. The highest BCUT2D eigenvalue weighted by molar-refractivity contribution is 5.70. The van der Waals surface area contributed by atoms with Crippen molar-refractivity contribution < 1.29 is 14.4 Å². The predicted octanol–water partition coefficient (Wildman–Crippen LogP) is 2.83. The van der Waals surface area contributed by atoms with Crippen LogP contribution in [0.25, 0.3) is 5.70 Å². The van der Waals surface area contributed by atoms with Gasteiger partial charge >= 0.3 is 0 Å². The van der Waals surface area contributed by atoms with E-state index in [-0.39, 0.29) is 5.70 Å². The molecular formula is C14H17NO4. The summed E-state index contributed by atoms with van der Waals surface area (Å²) in [6.07, 6.45) is 2.87. The molecule has 0 unspecified atom stereocenters. The summed E-state index contributed by atoms with van der Waals surface area (Å²) < 4.78 is 11.0. The van der Waals surface area contributed by atoms with Crippen LogP contribution in [0, 0.1) is 10.1 Å². The van der Waals surface area contributed by atoms with Gasteiger partial charge in [0.25, 0.3) is 5.70 Å². The van der Waals surface area contributed by atoms with Gasteiger partial charge in [0.1, 0.15) is 0 Å². The fourth-order valence-electron chi connectivity index (χ4n) is 2.50. The van der Waals surface area contributed by atoms with Crippen molar-refractivity contribution in [1.82, 2.24) is 0 Å². The topological polar surface area (TPSA) is 61.6 Å². The van der Waals surface area contributed by atoms with Crippen molar-refractivity contribution >= 4 is 5.70 Å². The smallest absolute Gasteiger partial charge is 0.273 e. The number of hydrogen-bond acceptors (Lipinski definition) is 4. The van der Waals surface area contributed by atoms with Gasteiger partial charge < -0.3 is 9.47 Å². The highest BCUT2D eigenvalue weighted by Gasteiger charge is 2.27. The van der Waals surface area contributed by atoms with Gasteiger partial charge in [0.15, 0.2) is 11.5 Å². The van der Waals surface area contributed by atoms with Crippen LogP contribution in [-0.4, -0.2) is 18.6 Å². The molecule has 1 aromatic carbocycles. The zero-order valence-corrected chi connectivity index (χ0v) is 11.2. The van der Waals surface area contributed by atoms with Crippen molar-refractivity contribution in [2.75, 3.05) is 13.7 Å². The highest BCUT2D eigenvalue weighted by Crippen LogP contribution is 2.43. The molecule has 0 fully saturated rings. The van der Waals surface area contributed by atoms with Gasteiger partial charge in [-0.05, 0) is 44.4 Å². The minimum atomic E-state index is -0.487. The van der Waals surface area contributed by atoms with Crippen LogP contribution in [0.1, 0.15) is 30.0 Å². The Labute approximate surface area is 112 Å². The minimum Gasteiger partial charge on any atom is -0.493 e. The molecule has 0 N–H and O–H groups in total. The molecule has 0 saturated heterocycles. The van der Waals surface area contributed by atoms with Crippen molar-refractivity contribution in [2.45, 2.75) is 26.2 Å². The maximum Gasteiger partial charge on any atom is 0.273 e. The molecule has 1 aliphatic rings. The summed E-state index contributed by atoms with van der Waals surface area (Å²) in [5, 5.41) is 11.0. The van der Waals surface area contributed by atoms with E-state index in [9.17, 15) is 10.1 Å². The van der Waals surface area contributed by atoms with Crippen molar-refractivity contribution in [2.24, 2.45) is 0 Å². The lowest BCUT2D eigenvalue weighted by Gasteiger charge is -2.16. The number of benzene rings is 1.